The van der Waals surface area contributed by atoms with Gasteiger partial charge in [0.15, 0.2) is 0 Å². The highest BCUT2D eigenvalue weighted by Gasteiger charge is 2.19. The van der Waals surface area contributed by atoms with Crippen LogP contribution >= 0.6 is 62.3 Å². The Morgan fingerprint density at radius 2 is 1.76 bits per heavy atom. The average molecular weight is 451 g/mol. The van der Waals surface area contributed by atoms with Gasteiger partial charge in [-0.2, -0.15) is 0 Å². The number of sulfonamides is 1. The van der Waals surface area contributed by atoms with E-state index in [1.54, 1.807) is 6.07 Å². The van der Waals surface area contributed by atoms with Gasteiger partial charge in [0.1, 0.15) is 10.0 Å². The molecule has 0 saturated heterocycles. The van der Waals surface area contributed by atoms with Crippen LogP contribution in [0, 0.1) is 0 Å². The quantitative estimate of drug-likeness (QED) is 0.512. The van der Waals surface area contributed by atoms with Crippen molar-refractivity contribution in [2.24, 2.45) is 0 Å². The van der Waals surface area contributed by atoms with Gasteiger partial charge in [-0.15, -0.1) is 0 Å². The van der Waals surface area contributed by atoms with Crippen LogP contribution in [-0.4, -0.2) is 13.4 Å². The summed E-state index contributed by atoms with van der Waals surface area (Å²) in [4.78, 5) is 3.54. The largest absolute Gasteiger partial charge is 0.278 e. The molecular formula is C11H5BrCl4N2O2S. The van der Waals surface area contributed by atoms with Gasteiger partial charge < -0.3 is 0 Å². The molecule has 0 aliphatic rings. The minimum absolute atomic E-state index is 0.0142. The zero-order chi connectivity index (χ0) is 15.8. The van der Waals surface area contributed by atoms with Crippen molar-refractivity contribution in [3.8, 4) is 0 Å². The number of hydrogen-bond acceptors (Lipinski definition) is 3. The van der Waals surface area contributed by atoms with E-state index in [4.69, 9.17) is 46.4 Å². The Morgan fingerprint density at radius 1 is 1.10 bits per heavy atom. The van der Waals surface area contributed by atoms with Crippen molar-refractivity contribution in [2.75, 3.05) is 4.72 Å². The first-order valence-corrected chi connectivity index (χ1v) is 8.98. The van der Waals surface area contributed by atoms with Crippen molar-refractivity contribution >= 4 is 78.0 Å². The van der Waals surface area contributed by atoms with Gasteiger partial charge in [-0.25, -0.2) is 13.4 Å². The molecule has 1 aromatic heterocycles. The summed E-state index contributed by atoms with van der Waals surface area (Å²) in [6.07, 6.45) is 1.09. The summed E-state index contributed by atoms with van der Waals surface area (Å²) >= 11 is 26.5. The summed E-state index contributed by atoms with van der Waals surface area (Å²) in [5.41, 5.74) is 0.135. The number of halogens is 5. The van der Waals surface area contributed by atoms with Crippen molar-refractivity contribution < 1.29 is 8.42 Å². The van der Waals surface area contributed by atoms with Crippen molar-refractivity contribution in [3.63, 3.8) is 0 Å². The number of nitrogens with zero attached hydrogens (tertiary/aromatic N) is 1. The highest BCUT2D eigenvalue weighted by molar-refractivity contribution is 9.10. The molecule has 112 valence electrons. The van der Waals surface area contributed by atoms with Gasteiger partial charge in [-0.05, 0) is 34.1 Å². The molecule has 1 N–H and O–H groups in total. The SMILES string of the molecule is O=S(=O)(Nc1ccc(Br)c(Cl)c1Cl)c1cnc(Cl)c(Cl)c1. The van der Waals surface area contributed by atoms with Gasteiger partial charge >= 0.3 is 0 Å². The van der Waals surface area contributed by atoms with Crippen LogP contribution in [0.4, 0.5) is 5.69 Å². The molecule has 0 fully saturated rings. The monoisotopic (exact) mass is 448 g/mol. The van der Waals surface area contributed by atoms with Crippen molar-refractivity contribution in [3.05, 3.63) is 49.1 Å². The lowest BCUT2D eigenvalue weighted by molar-refractivity contribution is 0.601. The van der Waals surface area contributed by atoms with E-state index in [1.807, 2.05) is 0 Å². The molecule has 0 unspecified atom stereocenters. The maximum absolute atomic E-state index is 12.2. The van der Waals surface area contributed by atoms with Gasteiger partial charge in [0, 0.05) is 10.7 Å². The van der Waals surface area contributed by atoms with Gasteiger partial charge in [-0.1, -0.05) is 46.4 Å². The van der Waals surface area contributed by atoms with Crippen LogP contribution in [0.3, 0.4) is 0 Å². The van der Waals surface area contributed by atoms with Crippen LogP contribution < -0.4 is 4.72 Å². The summed E-state index contributed by atoms with van der Waals surface area (Å²) in [6, 6.07) is 4.23. The Balaban J connectivity index is 2.42. The van der Waals surface area contributed by atoms with Crippen LogP contribution in [0.25, 0.3) is 0 Å². The Morgan fingerprint density at radius 3 is 2.38 bits per heavy atom. The third kappa shape index (κ3) is 3.75. The normalized spacial score (nSPS) is 11.5. The summed E-state index contributed by atoms with van der Waals surface area (Å²) in [7, 11) is -3.92. The molecule has 0 radical (unpaired) electrons. The minimum Gasteiger partial charge on any atom is -0.278 e. The first-order valence-electron chi connectivity index (χ1n) is 5.20. The zero-order valence-electron chi connectivity index (χ0n) is 9.87. The maximum atomic E-state index is 12.2. The van der Waals surface area contributed by atoms with Gasteiger partial charge in [0.2, 0.25) is 0 Å². The summed E-state index contributed by atoms with van der Waals surface area (Å²) in [6.45, 7) is 0. The second kappa shape index (κ2) is 6.48. The molecule has 0 aliphatic carbocycles. The second-order valence-corrected chi connectivity index (χ2v) is 7.83. The van der Waals surface area contributed by atoms with Gasteiger partial charge in [0.05, 0.1) is 20.8 Å². The van der Waals surface area contributed by atoms with Crippen LogP contribution in [0.15, 0.2) is 33.8 Å². The minimum atomic E-state index is -3.92. The highest BCUT2D eigenvalue weighted by Crippen LogP contribution is 2.36. The molecule has 0 atom stereocenters. The second-order valence-electron chi connectivity index (χ2n) is 3.77. The van der Waals surface area contributed by atoms with E-state index in [1.165, 1.54) is 12.1 Å². The van der Waals surface area contributed by atoms with E-state index in [9.17, 15) is 8.42 Å². The number of aromatic nitrogens is 1. The molecule has 0 spiro atoms. The van der Waals surface area contributed by atoms with E-state index in [0.29, 0.717) is 4.47 Å². The Bertz CT molecular complexity index is 814. The van der Waals surface area contributed by atoms with Crippen LogP contribution in [0.2, 0.25) is 20.2 Å². The maximum Gasteiger partial charge on any atom is 0.263 e. The average Bonchev–Trinajstić information content (AvgIpc) is 2.42. The number of anilines is 1. The molecule has 1 aromatic carbocycles. The third-order valence-electron chi connectivity index (χ3n) is 2.36. The number of pyridine rings is 1. The molecule has 0 amide bonds. The van der Waals surface area contributed by atoms with Crippen molar-refractivity contribution in [1.29, 1.82) is 0 Å². The predicted molar refractivity (Wildman–Crippen MR) is 89.2 cm³/mol. The van der Waals surface area contributed by atoms with Crippen LogP contribution in [-0.2, 0) is 10.0 Å². The van der Waals surface area contributed by atoms with Crippen molar-refractivity contribution in [1.82, 2.24) is 4.98 Å². The van der Waals surface area contributed by atoms with Crippen LogP contribution in [0.5, 0.6) is 0 Å². The number of nitrogens with one attached hydrogen (secondary N) is 1. The Hall–Kier alpha value is -0.240. The number of hydrogen-bond donors (Lipinski definition) is 1. The fourth-order valence-corrected chi connectivity index (χ4v) is 3.61. The van der Waals surface area contributed by atoms with Gasteiger partial charge in [0.25, 0.3) is 10.0 Å². The molecule has 4 nitrogen and oxygen atoms in total. The molecule has 0 bridgehead atoms. The van der Waals surface area contributed by atoms with Gasteiger partial charge in [-0.3, -0.25) is 4.72 Å². The van der Waals surface area contributed by atoms with E-state index < -0.39 is 10.0 Å². The molecule has 2 rings (SSSR count). The standard InChI is InChI=1S/C11H5BrCl4N2O2S/c12-6-1-2-8(10(15)9(6)14)18-21(19,20)5-3-7(13)11(16)17-4-5/h1-4,18H. The van der Waals surface area contributed by atoms with E-state index in [2.05, 4.69) is 25.6 Å². The summed E-state index contributed by atoms with van der Waals surface area (Å²) < 4.78 is 27.4. The predicted octanol–water partition coefficient (Wildman–Crippen LogP) is 5.26. The summed E-state index contributed by atoms with van der Waals surface area (Å²) in [5, 5.41) is 0.312. The number of benzene rings is 1. The Labute approximate surface area is 149 Å². The fraction of sp³-hybridized carbons (Fsp3) is 0. The van der Waals surface area contributed by atoms with E-state index in [-0.39, 0.29) is 30.8 Å². The summed E-state index contributed by atoms with van der Waals surface area (Å²) in [5.74, 6) is 0. The Kier molecular flexibility index (Phi) is 5.28. The molecular weight excluding hydrogens is 446 g/mol. The lowest BCUT2D eigenvalue weighted by Gasteiger charge is -2.11. The first kappa shape index (κ1) is 17.1. The first-order chi connectivity index (χ1) is 9.72. The fourth-order valence-electron chi connectivity index (χ4n) is 1.36. The third-order valence-corrected chi connectivity index (χ3v) is 6.15. The topological polar surface area (TPSA) is 59.1 Å². The smallest absolute Gasteiger partial charge is 0.263 e. The van der Waals surface area contributed by atoms with Crippen LogP contribution in [0.1, 0.15) is 0 Å². The van der Waals surface area contributed by atoms with E-state index >= 15 is 0 Å². The zero-order valence-corrected chi connectivity index (χ0v) is 15.3. The molecule has 1 heterocycles. The highest BCUT2D eigenvalue weighted by atomic mass is 79.9. The molecule has 2 aromatic rings. The van der Waals surface area contributed by atoms with E-state index in [0.717, 1.165) is 6.20 Å². The lowest BCUT2D eigenvalue weighted by Crippen LogP contribution is -2.13. The number of rotatable bonds is 3. The molecule has 10 heteroatoms. The lowest BCUT2D eigenvalue weighted by atomic mass is 10.3. The molecule has 0 aliphatic heterocycles. The molecule has 0 saturated carbocycles. The van der Waals surface area contributed by atoms with Crippen molar-refractivity contribution in [2.45, 2.75) is 4.90 Å². The molecule has 21 heavy (non-hydrogen) atoms.